The fraction of sp³-hybridized carbons (Fsp3) is 0. The quantitative estimate of drug-likeness (QED) is 0.668. The Bertz CT molecular complexity index is 763. The maximum atomic E-state index is 9.25. The van der Waals surface area contributed by atoms with Gasteiger partial charge in [-0.05, 0) is 12.1 Å². The number of nitrogens with zero attached hydrogens (tertiary/aromatic N) is 3. The van der Waals surface area contributed by atoms with Gasteiger partial charge in [0.25, 0.3) is 0 Å². The third-order valence-electron chi connectivity index (χ3n) is 2.46. The molecule has 0 saturated heterocycles. The van der Waals surface area contributed by atoms with Crippen LogP contribution in [0.15, 0.2) is 29.9 Å². The molecule has 3 heterocycles. The van der Waals surface area contributed by atoms with E-state index in [1.54, 1.807) is 5.38 Å². The summed E-state index contributed by atoms with van der Waals surface area (Å²) in [5, 5.41) is 20.9. The number of aromatic nitrogens is 1. The van der Waals surface area contributed by atoms with Crippen molar-refractivity contribution < 1.29 is 0 Å². The zero-order valence-corrected chi connectivity index (χ0v) is 10.2. The molecular formula is C12H5N3S2. The summed E-state index contributed by atoms with van der Waals surface area (Å²) in [5.41, 5.74) is 1.32. The summed E-state index contributed by atoms with van der Waals surface area (Å²) >= 11 is 2.95. The Morgan fingerprint density at radius 3 is 2.47 bits per heavy atom. The van der Waals surface area contributed by atoms with Gasteiger partial charge in [-0.25, -0.2) is 0 Å². The van der Waals surface area contributed by atoms with Gasteiger partial charge in [0.2, 0.25) is 0 Å². The summed E-state index contributed by atoms with van der Waals surface area (Å²) in [6.07, 6.45) is 3.81. The lowest BCUT2D eigenvalue weighted by molar-refractivity contribution is 1.11. The van der Waals surface area contributed by atoms with E-state index in [-0.39, 0.29) is 0 Å². The van der Waals surface area contributed by atoms with Crippen molar-refractivity contribution in [3.05, 3.63) is 41.0 Å². The van der Waals surface area contributed by atoms with Crippen molar-refractivity contribution in [2.24, 2.45) is 0 Å². The lowest BCUT2D eigenvalue weighted by Crippen LogP contribution is -1.87. The highest BCUT2D eigenvalue weighted by Crippen LogP contribution is 2.39. The number of rotatable bonds is 1. The fourth-order valence-electron chi connectivity index (χ4n) is 1.69. The highest BCUT2D eigenvalue weighted by molar-refractivity contribution is 7.29. The molecule has 0 bridgehead atoms. The average Bonchev–Trinajstić information content (AvgIpc) is 3.03. The minimum atomic E-state index is 0.657. The van der Waals surface area contributed by atoms with Crippen LogP contribution in [0.4, 0.5) is 0 Å². The van der Waals surface area contributed by atoms with E-state index >= 15 is 0 Å². The first-order chi connectivity index (χ1) is 8.35. The molecule has 3 rings (SSSR count). The summed E-state index contributed by atoms with van der Waals surface area (Å²) in [6.45, 7) is 0. The molecular weight excluding hydrogens is 250 g/mol. The molecule has 0 aromatic carbocycles. The predicted octanol–water partition coefficient (Wildman–Crippen LogP) is 3.50. The van der Waals surface area contributed by atoms with Crippen LogP contribution < -0.4 is 0 Å². The maximum absolute atomic E-state index is 9.25. The Morgan fingerprint density at radius 2 is 1.82 bits per heavy atom. The third kappa shape index (κ3) is 1.38. The van der Waals surface area contributed by atoms with Crippen LogP contribution >= 0.6 is 22.7 Å². The van der Waals surface area contributed by atoms with E-state index in [4.69, 9.17) is 5.26 Å². The van der Waals surface area contributed by atoms with Crippen LogP contribution in [0.2, 0.25) is 0 Å². The largest absolute Gasteiger partial charge is 0.314 e. The van der Waals surface area contributed by atoms with Crippen molar-refractivity contribution in [2.75, 3.05) is 0 Å². The van der Waals surface area contributed by atoms with Gasteiger partial charge in [0.1, 0.15) is 22.7 Å². The highest BCUT2D eigenvalue weighted by atomic mass is 32.1. The predicted molar refractivity (Wildman–Crippen MR) is 68.5 cm³/mol. The number of hydrogen-bond acceptors (Lipinski definition) is 4. The topological polar surface area (TPSA) is 52.5 Å². The van der Waals surface area contributed by atoms with Crippen LogP contribution in [-0.4, -0.2) is 4.57 Å². The van der Waals surface area contributed by atoms with Gasteiger partial charge in [-0.3, -0.25) is 0 Å². The van der Waals surface area contributed by atoms with Crippen molar-refractivity contribution >= 4 is 32.1 Å². The van der Waals surface area contributed by atoms with E-state index < -0.39 is 0 Å². The first-order valence-electron chi connectivity index (χ1n) is 4.82. The minimum Gasteiger partial charge on any atom is -0.314 e. The van der Waals surface area contributed by atoms with Crippen molar-refractivity contribution in [3.8, 4) is 17.1 Å². The molecule has 80 valence electrons. The van der Waals surface area contributed by atoms with Crippen molar-refractivity contribution in [1.82, 2.24) is 4.57 Å². The molecule has 5 heteroatoms. The zero-order valence-electron chi connectivity index (χ0n) is 8.54. The van der Waals surface area contributed by atoms with Gasteiger partial charge in [-0.1, -0.05) is 0 Å². The smallest absolute Gasteiger partial charge is 0.119 e. The lowest BCUT2D eigenvalue weighted by Gasteiger charge is -1.97. The molecule has 3 aromatic heterocycles. The molecule has 0 aliphatic rings. The molecule has 0 unspecified atom stereocenters. The fourth-order valence-corrected chi connectivity index (χ4v) is 4.06. The van der Waals surface area contributed by atoms with Crippen LogP contribution in [0.25, 0.3) is 14.4 Å². The Hall–Kier alpha value is -2.08. The summed E-state index contributed by atoms with van der Waals surface area (Å²) in [7, 11) is 0. The van der Waals surface area contributed by atoms with Gasteiger partial charge >= 0.3 is 0 Å². The standard InChI is InChI=1S/C12H5N3S2/c13-5-8-7-16-11-9(6-14)12(17-10(8)11)15-3-1-2-4-15/h1-4,7H. The summed E-state index contributed by atoms with van der Waals surface area (Å²) < 4.78 is 3.74. The Balaban J connectivity index is 2.38. The molecule has 0 aliphatic heterocycles. The monoisotopic (exact) mass is 255 g/mol. The molecule has 17 heavy (non-hydrogen) atoms. The number of nitriles is 2. The minimum absolute atomic E-state index is 0.657. The third-order valence-corrected chi connectivity index (χ3v) is 4.82. The zero-order chi connectivity index (χ0) is 11.8. The molecule has 0 amide bonds. The molecule has 3 nitrogen and oxygen atoms in total. The van der Waals surface area contributed by atoms with E-state index in [2.05, 4.69) is 12.1 Å². The van der Waals surface area contributed by atoms with Gasteiger partial charge in [0.05, 0.1) is 15.0 Å². The van der Waals surface area contributed by atoms with Crippen LogP contribution in [0, 0.1) is 22.7 Å². The van der Waals surface area contributed by atoms with Gasteiger partial charge < -0.3 is 4.57 Å². The van der Waals surface area contributed by atoms with Crippen molar-refractivity contribution in [1.29, 1.82) is 10.5 Å². The van der Waals surface area contributed by atoms with Gasteiger partial charge in [-0.2, -0.15) is 10.5 Å². The molecule has 0 spiro atoms. The molecule has 0 saturated carbocycles. The Morgan fingerprint density at radius 1 is 1.06 bits per heavy atom. The molecule has 3 aromatic rings. The molecule has 0 N–H and O–H groups in total. The van der Waals surface area contributed by atoms with Crippen molar-refractivity contribution in [3.63, 3.8) is 0 Å². The van der Waals surface area contributed by atoms with E-state index in [0.717, 1.165) is 14.4 Å². The summed E-state index contributed by atoms with van der Waals surface area (Å²) in [6, 6.07) is 8.23. The average molecular weight is 255 g/mol. The second kappa shape index (κ2) is 3.74. The van der Waals surface area contributed by atoms with E-state index in [1.807, 2.05) is 29.1 Å². The Kier molecular flexibility index (Phi) is 2.22. The number of hydrogen-bond donors (Lipinski definition) is 0. The van der Waals surface area contributed by atoms with Crippen LogP contribution in [0.1, 0.15) is 11.1 Å². The number of fused-ring (bicyclic) bond motifs is 1. The van der Waals surface area contributed by atoms with E-state index in [1.165, 1.54) is 22.7 Å². The Labute approximate surface area is 105 Å². The summed E-state index contributed by atoms with van der Waals surface area (Å²) in [4.78, 5) is 0. The second-order valence-corrected chi connectivity index (χ2v) is 5.28. The second-order valence-electron chi connectivity index (χ2n) is 3.40. The SMILES string of the molecule is N#Cc1csc2c(C#N)c(-n3cccc3)sc12. The molecule has 0 aliphatic carbocycles. The van der Waals surface area contributed by atoms with Crippen LogP contribution in [0.5, 0.6) is 0 Å². The first-order valence-corrected chi connectivity index (χ1v) is 6.52. The van der Waals surface area contributed by atoms with E-state index in [0.29, 0.717) is 11.1 Å². The van der Waals surface area contributed by atoms with E-state index in [9.17, 15) is 5.26 Å². The van der Waals surface area contributed by atoms with Gasteiger partial charge in [0.15, 0.2) is 0 Å². The summed E-state index contributed by atoms with van der Waals surface area (Å²) in [5.74, 6) is 0. The van der Waals surface area contributed by atoms with Gasteiger partial charge in [-0.15, -0.1) is 22.7 Å². The van der Waals surface area contributed by atoms with Gasteiger partial charge in [0, 0.05) is 17.8 Å². The highest BCUT2D eigenvalue weighted by Gasteiger charge is 2.17. The molecule has 0 atom stereocenters. The van der Waals surface area contributed by atoms with Crippen molar-refractivity contribution in [2.45, 2.75) is 0 Å². The number of thiophene rings is 2. The molecule has 0 fully saturated rings. The van der Waals surface area contributed by atoms with Crippen LogP contribution in [0.3, 0.4) is 0 Å². The first kappa shape index (κ1) is 10.1. The normalized spacial score (nSPS) is 10.2. The van der Waals surface area contributed by atoms with Crippen LogP contribution in [-0.2, 0) is 0 Å². The maximum Gasteiger partial charge on any atom is 0.119 e. The lowest BCUT2D eigenvalue weighted by atomic mass is 10.3. The molecule has 0 radical (unpaired) electrons.